The third kappa shape index (κ3) is 1.46. The highest BCUT2D eigenvalue weighted by Gasteiger charge is 2.09. The molecule has 8 heavy (non-hydrogen) atoms. The van der Waals surface area contributed by atoms with Crippen LogP contribution in [-0.2, 0) is 4.74 Å². The lowest BCUT2D eigenvalue weighted by atomic mass is 10.4. The average Bonchev–Trinajstić information content (AvgIpc) is 2.19. The van der Waals surface area contributed by atoms with Gasteiger partial charge in [0.15, 0.2) is 0 Å². The van der Waals surface area contributed by atoms with Gasteiger partial charge in [0.1, 0.15) is 0 Å². The summed E-state index contributed by atoms with van der Waals surface area (Å²) in [5, 5.41) is 0. The fourth-order valence-electron chi connectivity index (χ4n) is 1.09. The fourth-order valence-corrected chi connectivity index (χ4v) is 1.09. The molecule has 0 spiro atoms. The second-order valence-electron chi connectivity index (χ2n) is 2.24. The van der Waals surface area contributed by atoms with Gasteiger partial charge >= 0.3 is 0 Å². The molecule has 0 aromatic carbocycles. The number of rotatable bonds is 2. The molecule has 1 aliphatic rings. The lowest BCUT2D eigenvalue weighted by Gasteiger charge is -2.11. The molecule has 0 N–H and O–H groups in total. The number of nitrogens with zero attached hydrogens (tertiary/aromatic N) is 1. The average molecular weight is 115 g/mol. The van der Waals surface area contributed by atoms with Crippen LogP contribution in [0.25, 0.3) is 0 Å². The molecular weight excluding hydrogens is 102 g/mol. The Morgan fingerprint density at radius 1 is 1.38 bits per heavy atom. The molecule has 1 saturated heterocycles. The second kappa shape index (κ2) is 3.05. The van der Waals surface area contributed by atoms with E-state index in [-0.39, 0.29) is 0 Å². The minimum absolute atomic E-state index is 0.819. The van der Waals surface area contributed by atoms with E-state index in [0.29, 0.717) is 0 Å². The van der Waals surface area contributed by atoms with Gasteiger partial charge in [0.25, 0.3) is 0 Å². The molecule has 0 saturated carbocycles. The maximum atomic E-state index is 4.95. The standard InChI is InChI=1S/C6H13NO/c1-8-6-7-4-2-3-5-7/h2-6H2,1H3. The quantitative estimate of drug-likeness (QED) is 0.525. The first kappa shape index (κ1) is 6.05. The summed E-state index contributed by atoms with van der Waals surface area (Å²) in [6.07, 6.45) is 2.70. The molecule has 0 aromatic heterocycles. The molecule has 0 aromatic rings. The first-order valence-corrected chi connectivity index (χ1v) is 3.15. The van der Waals surface area contributed by atoms with E-state index in [1.807, 2.05) is 0 Å². The van der Waals surface area contributed by atoms with Crippen LogP contribution in [0.3, 0.4) is 0 Å². The van der Waals surface area contributed by atoms with E-state index in [1.54, 1.807) is 7.11 Å². The highest BCUT2D eigenvalue weighted by Crippen LogP contribution is 2.05. The Morgan fingerprint density at radius 3 is 2.50 bits per heavy atom. The van der Waals surface area contributed by atoms with Crippen molar-refractivity contribution in [1.82, 2.24) is 4.90 Å². The highest BCUT2D eigenvalue weighted by atomic mass is 16.5. The Bertz CT molecular complexity index is 59.5. The second-order valence-corrected chi connectivity index (χ2v) is 2.24. The molecular formula is C6H13NO. The van der Waals surface area contributed by atoms with E-state index in [2.05, 4.69) is 4.90 Å². The molecule has 1 fully saturated rings. The van der Waals surface area contributed by atoms with Crippen molar-refractivity contribution in [2.75, 3.05) is 26.9 Å². The molecule has 1 rings (SSSR count). The predicted molar refractivity (Wildman–Crippen MR) is 32.7 cm³/mol. The normalized spacial score (nSPS) is 22.1. The fraction of sp³-hybridized carbons (Fsp3) is 1.00. The monoisotopic (exact) mass is 115 g/mol. The van der Waals surface area contributed by atoms with Crippen molar-refractivity contribution in [2.45, 2.75) is 12.8 Å². The van der Waals surface area contributed by atoms with Crippen LogP contribution in [0.4, 0.5) is 0 Å². The van der Waals surface area contributed by atoms with Gasteiger partial charge in [-0.25, -0.2) is 0 Å². The zero-order chi connectivity index (χ0) is 5.82. The van der Waals surface area contributed by atoms with Crippen LogP contribution in [0.2, 0.25) is 0 Å². The number of hydrogen-bond donors (Lipinski definition) is 0. The summed E-state index contributed by atoms with van der Waals surface area (Å²) in [6, 6.07) is 0. The molecule has 0 aliphatic carbocycles. The smallest absolute Gasteiger partial charge is 0.0986 e. The van der Waals surface area contributed by atoms with Crippen molar-refractivity contribution in [3.8, 4) is 0 Å². The van der Waals surface area contributed by atoms with Gasteiger partial charge in [-0.1, -0.05) is 0 Å². The van der Waals surface area contributed by atoms with E-state index in [4.69, 9.17) is 4.74 Å². The molecule has 1 heterocycles. The predicted octanol–water partition coefficient (Wildman–Crippen LogP) is 0.686. The number of likely N-dealkylation sites (tertiary alicyclic amines) is 1. The van der Waals surface area contributed by atoms with Crippen molar-refractivity contribution in [2.24, 2.45) is 0 Å². The van der Waals surface area contributed by atoms with Gasteiger partial charge in [-0.2, -0.15) is 0 Å². The molecule has 0 unspecified atom stereocenters. The van der Waals surface area contributed by atoms with Gasteiger partial charge in [0.05, 0.1) is 6.73 Å². The molecule has 0 atom stereocenters. The lowest BCUT2D eigenvalue weighted by molar-refractivity contribution is 0.0807. The minimum atomic E-state index is 0.819. The topological polar surface area (TPSA) is 12.5 Å². The van der Waals surface area contributed by atoms with Crippen molar-refractivity contribution >= 4 is 0 Å². The zero-order valence-corrected chi connectivity index (χ0v) is 5.39. The SMILES string of the molecule is COCN1CCCC1. The molecule has 0 amide bonds. The summed E-state index contributed by atoms with van der Waals surface area (Å²) in [4.78, 5) is 2.32. The molecule has 0 radical (unpaired) electrons. The third-order valence-corrected chi connectivity index (χ3v) is 1.51. The van der Waals surface area contributed by atoms with E-state index in [9.17, 15) is 0 Å². The van der Waals surface area contributed by atoms with E-state index >= 15 is 0 Å². The molecule has 1 aliphatic heterocycles. The van der Waals surface area contributed by atoms with Crippen LogP contribution in [0.15, 0.2) is 0 Å². The van der Waals surface area contributed by atoms with Crippen molar-refractivity contribution in [3.05, 3.63) is 0 Å². The minimum Gasteiger partial charge on any atom is -0.369 e. The molecule has 2 nitrogen and oxygen atoms in total. The van der Waals surface area contributed by atoms with Gasteiger partial charge in [-0.05, 0) is 12.8 Å². The Balaban J connectivity index is 2.06. The Hall–Kier alpha value is -0.0800. The van der Waals surface area contributed by atoms with E-state index in [0.717, 1.165) is 6.73 Å². The lowest BCUT2D eigenvalue weighted by Crippen LogP contribution is -2.21. The largest absolute Gasteiger partial charge is 0.369 e. The van der Waals surface area contributed by atoms with Gasteiger partial charge < -0.3 is 4.74 Å². The Labute approximate surface area is 50.4 Å². The summed E-state index contributed by atoms with van der Waals surface area (Å²) in [5.41, 5.74) is 0. The maximum Gasteiger partial charge on any atom is 0.0986 e. The summed E-state index contributed by atoms with van der Waals surface area (Å²) < 4.78 is 4.95. The third-order valence-electron chi connectivity index (χ3n) is 1.51. The maximum absolute atomic E-state index is 4.95. The van der Waals surface area contributed by atoms with Gasteiger partial charge in [-0.15, -0.1) is 0 Å². The first-order chi connectivity index (χ1) is 3.93. The van der Waals surface area contributed by atoms with Crippen LogP contribution < -0.4 is 0 Å². The van der Waals surface area contributed by atoms with Crippen molar-refractivity contribution in [3.63, 3.8) is 0 Å². The van der Waals surface area contributed by atoms with E-state index < -0.39 is 0 Å². The zero-order valence-electron chi connectivity index (χ0n) is 5.39. The summed E-state index contributed by atoms with van der Waals surface area (Å²) in [5.74, 6) is 0. The van der Waals surface area contributed by atoms with Crippen LogP contribution >= 0.6 is 0 Å². The van der Waals surface area contributed by atoms with Crippen LogP contribution in [0, 0.1) is 0 Å². The van der Waals surface area contributed by atoms with Gasteiger partial charge in [-0.3, -0.25) is 4.90 Å². The summed E-state index contributed by atoms with van der Waals surface area (Å²) in [7, 11) is 1.75. The van der Waals surface area contributed by atoms with Crippen molar-refractivity contribution in [1.29, 1.82) is 0 Å². The van der Waals surface area contributed by atoms with E-state index in [1.165, 1.54) is 25.9 Å². The van der Waals surface area contributed by atoms with Gasteiger partial charge in [0, 0.05) is 20.2 Å². The number of methoxy groups -OCH3 is 1. The summed E-state index contributed by atoms with van der Waals surface area (Å²) in [6.45, 7) is 3.28. The Kier molecular flexibility index (Phi) is 2.30. The molecule has 2 heteroatoms. The van der Waals surface area contributed by atoms with Gasteiger partial charge in [0.2, 0.25) is 0 Å². The van der Waals surface area contributed by atoms with Crippen LogP contribution in [0.5, 0.6) is 0 Å². The Morgan fingerprint density at radius 2 is 2.00 bits per heavy atom. The van der Waals surface area contributed by atoms with Crippen LogP contribution in [-0.4, -0.2) is 31.8 Å². The molecule has 0 bridgehead atoms. The first-order valence-electron chi connectivity index (χ1n) is 3.15. The number of ether oxygens (including phenoxy) is 1. The molecule has 48 valence electrons. The highest BCUT2D eigenvalue weighted by molar-refractivity contribution is 4.61. The van der Waals surface area contributed by atoms with Crippen molar-refractivity contribution < 1.29 is 4.74 Å². The summed E-state index contributed by atoms with van der Waals surface area (Å²) >= 11 is 0. The van der Waals surface area contributed by atoms with Crippen LogP contribution in [0.1, 0.15) is 12.8 Å². The number of hydrogen-bond acceptors (Lipinski definition) is 2.